The molecule has 0 aliphatic rings. The zero-order valence-electron chi connectivity index (χ0n) is 17.3. The van der Waals surface area contributed by atoms with Crippen molar-refractivity contribution in [3.05, 3.63) is 86.8 Å². The Morgan fingerprint density at radius 3 is 2.50 bits per heavy atom. The average Bonchev–Trinajstić information content (AvgIpc) is 3.54. The molecule has 0 bridgehead atoms. The van der Waals surface area contributed by atoms with Crippen LogP contribution in [0.4, 0.5) is 5.69 Å². The van der Waals surface area contributed by atoms with Gasteiger partial charge >= 0.3 is 5.97 Å². The normalized spacial score (nSPS) is 10.7. The van der Waals surface area contributed by atoms with Gasteiger partial charge in [-0.05, 0) is 55.6 Å². The van der Waals surface area contributed by atoms with Crippen LogP contribution >= 0.6 is 22.7 Å². The summed E-state index contributed by atoms with van der Waals surface area (Å²) in [5.74, 6) is -1.10. The summed E-state index contributed by atoms with van der Waals surface area (Å²) in [6.07, 6.45) is 1.71. The van der Waals surface area contributed by atoms with E-state index in [1.807, 2.05) is 29.2 Å². The first kappa shape index (κ1) is 21.7. The van der Waals surface area contributed by atoms with Crippen LogP contribution in [-0.2, 0) is 4.74 Å². The molecule has 1 aromatic carbocycles. The topological polar surface area (TPSA) is 90.3 Å². The third kappa shape index (κ3) is 4.53. The number of thiophene rings is 1. The Morgan fingerprint density at radius 2 is 1.84 bits per heavy atom. The lowest BCUT2D eigenvalue weighted by Crippen LogP contribution is -2.15. The fourth-order valence-corrected chi connectivity index (χ4v) is 4.62. The number of carbonyl (C=O) groups excluding carboxylic acids is 3. The van der Waals surface area contributed by atoms with Crippen LogP contribution in [0.1, 0.15) is 41.8 Å². The van der Waals surface area contributed by atoms with Gasteiger partial charge in [0.05, 0.1) is 10.4 Å². The van der Waals surface area contributed by atoms with E-state index in [1.165, 1.54) is 22.7 Å². The van der Waals surface area contributed by atoms with Crippen LogP contribution in [0.2, 0.25) is 0 Å². The number of amides is 1. The van der Waals surface area contributed by atoms with Crippen molar-refractivity contribution in [3.8, 4) is 5.13 Å². The summed E-state index contributed by atoms with van der Waals surface area (Å²) in [6, 6.07) is 11.6. The molecule has 7 nitrogen and oxygen atoms in total. The first-order valence-electron chi connectivity index (χ1n) is 9.68. The zero-order chi connectivity index (χ0) is 22.7. The summed E-state index contributed by atoms with van der Waals surface area (Å²) in [4.78, 5) is 42.0. The van der Waals surface area contributed by atoms with Gasteiger partial charge in [0.2, 0.25) is 5.78 Å². The molecule has 9 heteroatoms. The highest BCUT2D eigenvalue weighted by molar-refractivity contribution is 7.12. The molecule has 4 rings (SSSR count). The van der Waals surface area contributed by atoms with E-state index in [1.54, 1.807) is 48.7 Å². The van der Waals surface area contributed by atoms with Crippen molar-refractivity contribution >= 4 is 46.0 Å². The molecule has 0 fully saturated rings. The number of anilines is 1. The summed E-state index contributed by atoms with van der Waals surface area (Å²) in [7, 11) is 0. The van der Waals surface area contributed by atoms with Crippen molar-refractivity contribution in [2.24, 2.45) is 0 Å². The maximum absolute atomic E-state index is 12.7. The molecule has 32 heavy (non-hydrogen) atoms. The number of aryl methyl sites for hydroxylation is 1. The minimum atomic E-state index is -0.608. The number of thiazole rings is 1. The molecule has 0 atom stereocenters. The van der Waals surface area contributed by atoms with E-state index in [0.29, 0.717) is 21.7 Å². The lowest BCUT2D eigenvalue weighted by atomic mass is 10.1. The number of Topliss-reactive ketones (excluding diaryl/α,β-unsaturated/α-hetero) is 1. The van der Waals surface area contributed by atoms with Crippen molar-refractivity contribution in [2.75, 3.05) is 11.9 Å². The Labute approximate surface area is 192 Å². The molecule has 0 aliphatic heterocycles. The second-order valence-corrected chi connectivity index (χ2v) is 8.76. The second kappa shape index (κ2) is 9.29. The summed E-state index contributed by atoms with van der Waals surface area (Å²) >= 11 is 2.82. The van der Waals surface area contributed by atoms with Crippen LogP contribution in [0.15, 0.2) is 59.4 Å². The molecule has 4 aromatic rings. The van der Waals surface area contributed by atoms with E-state index in [2.05, 4.69) is 10.3 Å². The van der Waals surface area contributed by atoms with E-state index in [0.717, 1.165) is 16.5 Å². The number of rotatable bonds is 7. The van der Waals surface area contributed by atoms with Gasteiger partial charge in [0.15, 0.2) is 11.7 Å². The summed E-state index contributed by atoms with van der Waals surface area (Å²) in [6.45, 7) is 3.38. The van der Waals surface area contributed by atoms with Gasteiger partial charge in [0, 0.05) is 34.2 Å². The lowest BCUT2D eigenvalue weighted by molar-refractivity contribution is 0.0474. The number of hydrogen-bond donors (Lipinski definition) is 1. The van der Waals surface area contributed by atoms with E-state index < -0.39 is 5.97 Å². The third-order valence-corrected chi connectivity index (χ3v) is 6.43. The number of hydrogen-bond acceptors (Lipinski definition) is 7. The smallest absolute Gasteiger partial charge is 0.338 e. The molecular formula is C23H19N3O4S2. The molecule has 162 valence electrons. The first-order valence-corrected chi connectivity index (χ1v) is 11.4. The molecule has 3 aromatic heterocycles. The Hall–Kier alpha value is -3.56. The van der Waals surface area contributed by atoms with Crippen LogP contribution in [-0.4, -0.2) is 33.8 Å². The molecule has 0 saturated carbocycles. The van der Waals surface area contributed by atoms with E-state index in [9.17, 15) is 14.4 Å². The third-order valence-electron chi connectivity index (χ3n) is 4.80. The quantitative estimate of drug-likeness (QED) is 0.310. The predicted octanol–water partition coefficient (Wildman–Crippen LogP) is 4.90. The van der Waals surface area contributed by atoms with Crippen molar-refractivity contribution in [2.45, 2.75) is 13.8 Å². The Kier molecular flexibility index (Phi) is 6.29. The van der Waals surface area contributed by atoms with Crippen LogP contribution in [0, 0.1) is 13.8 Å². The number of ketones is 1. The predicted molar refractivity (Wildman–Crippen MR) is 124 cm³/mol. The molecule has 1 amide bonds. The standard InChI is InChI=1S/C23H19N3O4S2/c1-14-12-18(15(2)26(14)23-24-9-11-32-23)19(27)13-30-22(29)16-5-7-17(8-6-16)25-21(28)20-4-3-10-31-20/h3-12H,13H2,1-2H3,(H,25,28). The zero-order valence-corrected chi connectivity index (χ0v) is 19.0. The molecular weight excluding hydrogens is 446 g/mol. The summed E-state index contributed by atoms with van der Waals surface area (Å²) in [5.41, 5.74) is 2.99. The lowest BCUT2D eigenvalue weighted by Gasteiger charge is -2.07. The van der Waals surface area contributed by atoms with Crippen LogP contribution < -0.4 is 5.32 Å². The van der Waals surface area contributed by atoms with Crippen molar-refractivity contribution in [3.63, 3.8) is 0 Å². The maximum Gasteiger partial charge on any atom is 0.338 e. The van der Waals surface area contributed by atoms with Gasteiger partial charge < -0.3 is 10.1 Å². The van der Waals surface area contributed by atoms with Gasteiger partial charge in [-0.1, -0.05) is 6.07 Å². The molecule has 0 radical (unpaired) electrons. The van der Waals surface area contributed by atoms with E-state index >= 15 is 0 Å². The van der Waals surface area contributed by atoms with Crippen LogP contribution in [0.5, 0.6) is 0 Å². The maximum atomic E-state index is 12.7. The van der Waals surface area contributed by atoms with E-state index in [4.69, 9.17) is 4.74 Å². The number of nitrogens with one attached hydrogen (secondary N) is 1. The monoisotopic (exact) mass is 465 g/mol. The Morgan fingerprint density at radius 1 is 1.06 bits per heavy atom. The van der Waals surface area contributed by atoms with E-state index in [-0.39, 0.29) is 18.3 Å². The highest BCUT2D eigenvalue weighted by Gasteiger charge is 2.19. The molecule has 3 heterocycles. The minimum Gasteiger partial charge on any atom is -0.454 e. The number of benzene rings is 1. The molecule has 0 saturated heterocycles. The Balaban J connectivity index is 1.37. The van der Waals surface area contributed by atoms with Crippen molar-refractivity contribution in [1.29, 1.82) is 0 Å². The Bertz CT molecular complexity index is 1260. The first-order chi connectivity index (χ1) is 15.4. The molecule has 0 aliphatic carbocycles. The summed E-state index contributed by atoms with van der Waals surface area (Å²) in [5, 5.41) is 7.24. The van der Waals surface area contributed by atoms with Crippen LogP contribution in [0.25, 0.3) is 5.13 Å². The van der Waals surface area contributed by atoms with Gasteiger partial charge in [-0.15, -0.1) is 22.7 Å². The molecule has 0 unspecified atom stereocenters. The number of aromatic nitrogens is 2. The van der Waals surface area contributed by atoms with Gasteiger partial charge in [-0.2, -0.15) is 0 Å². The van der Waals surface area contributed by atoms with Gasteiger partial charge in [0.25, 0.3) is 5.91 Å². The second-order valence-electron chi connectivity index (χ2n) is 6.94. The molecule has 1 N–H and O–H groups in total. The summed E-state index contributed by atoms with van der Waals surface area (Å²) < 4.78 is 7.13. The van der Waals surface area contributed by atoms with Gasteiger partial charge in [-0.3, -0.25) is 14.2 Å². The minimum absolute atomic E-state index is 0.212. The number of nitrogens with zero attached hydrogens (tertiary/aromatic N) is 2. The van der Waals surface area contributed by atoms with Crippen molar-refractivity contribution < 1.29 is 19.1 Å². The average molecular weight is 466 g/mol. The highest BCUT2D eigenvalue weighted by Crippen LogP contribution is 2.23. The highest BCUT2D eigenvalue weighted by atomic mass is 32.1. The van der Waals surface area contributed by atoms with Crippen molar-refractivity contribution in [1.82, 2.24) is 9.55 Å². The van der Waals surface area contributed by atoms with Gasteiger partial charge in [-0.25, -0.2) is 9.78 Å². The fraction of sp³-hybridized carbons (Fsp3) is 0.130. The molecule has 0 spiro atoms. The number of carbonyl (C=O) groups is 3. The largest absolute Gasteiger partial charge is 0.454 e. The van der Waals surface area contributed by atoms with Gasteiger partial charge in [0.1, 0.15) is 0 Å². The fourth-order valence-electron chi connectivity index (χ4n) is 3.25. The number of ether oxygens (including phenoxy) is 1. The van der Waals surface area contributed by atoms with Crippen LogP contribution in [0.3, 0.4) is 0 Å². The number of esters is 1. The SMILES string of the molecule is Cc1cc(C(=O)COC(=O)c2ccc(NC(=O)c3cccs3)cc2)c(C)n1-c1nccs1.